The predicted molar refractivity (Wildman–Crippen MR) is 133 cm³/mol. The number of amides is 1. The highest BCUT2D eigenvalue weighted by Crippen LogP contribution is 2.31. The molecule has 0 aromatic heterocycles. The van der Waals surface area contributed by atoms with Gasteiger partial charge in [-0.2, -0.15) is 0 Å². The Morgan fingerprint density at radius 3 is 2.66 bits per heavy atom. The average molecular weight is 489 g/mol. The molecule has 0 bridgehead atoms. The molecule has 35 heavy (non-hydrogen) atoms. The van der Waals surface area contributed by atoms with E-state index in [1.54, 1.807) is 55.5 Å². The van der Waals surface area contributed by atoms with Crippen LogP contribution in [0.3, 0.4) is 0 Å². The number of carbonyl (C=O) groups excluding carboxylic acids is 1. The van der Waals surface area contributed by atoms with Crippen LogP contribution >= 0.6 is 0 Å². The second kappa shape index (κ2) is 12.3. The maximum atomic E-state index is 14.3. The van der Waals surface area contributed by atoms with Crippen LogP contribution in [0, 0.1) is 11.7 Å². The first kappa shape index (κ1) is 26.9. The minimum atomic E-state index is -1.16. The van der Waals surface area contributed by atoms with Crippen LogP contribution in [0.4, 0.5) is 4.39 Å². The largest absolute Gasteiger partial charge is 0.493 e. The van der Waals surface area contributed by atoms with E-state index in [1.807, 2.05) is 13.8 Å². The number of rotatable bonds is 12. The Hall–Kier alpha value is -2.68. The first-order chi connectivity index (χ1) is 16.8. The number of nitrogens with one attached hydrogen (secondary N) is 1. The highest BCUT2D eigenvalue weighted by atomic mass is 19.1. The van der Waals surface area contributed by atoms with Crippen molar-refractivity contribution in [3.8, 4) is 11.5 Å². The Kier molecular flexibility index (Phi) is 9.48. The van der Waals surface area contributed by atoms with Crippen LogP contribution in [0.1, 0.15) is 36.2 Å². The number of halogens is 1. The summed E-state index contributed by atoms with van der Waals surface area (Å²) >= 11 is 0. The molecule has 0 unspecified atom stereocenters. The van der Waals surface area contributed by atoms with Crippen LogP contribution in [0.15, 0.2) is 42.5 Å². The zero-order valence-electron chi connectivity index (χ0n) is 21.1. The van der Waals surface area contributed by atoms with E-state index in [0.29, 0.717) is 61.9 Å². The zero-order chi connectivity index (χ0) is 25.4. The first-order valence-electron chi connectivity index (χ1n) is 12.1. The summed E-state index contributed by atoms with van der Waals surface area (Å²) in [5.41, 5.74) is -0.216. The van der Waals surface area contributed by atoms with E-state index in [-0.39, 0.29) is 30.1 Å². The third-order valence-electron chi connectivity index (χ3n) is 6.50. The Balaban J connectivity index is 1.77. The van der Waals surface area contributed by atoms with Gasteiger partial charge in [-0.15, -0.1) is 0 Å². The van der Waals surface area contributed by atoms with Gasteiger partial charge in [-0.3, -0.25) is 4.79 Å². The van der Waals surface area contributed by atoms with Gasteiger partial charge in [0.25, 0.3) is 5.91 Å². The van der Waals surface area contributed by atoms with E-state index in [0.717, 1.165) is 0 Å². The maximum Gasteiger partial charge on any atom is 0.254 e. The molecule has 1 heterocycles. The van der Waals surface area contributed by atoms with E-state index in [9.17, 15) is 14.3 Å². The van der Waals surface area contributed by atoms with Gasteiger partial charge in [0.15, 0.2) is 11.5 Å². The summed E-state index contributed by atoms with van der Waals surface area (Å²) in [7, 11) is 3.19. The van der Waals surface area contributed by atoms with Crippen LogP contribution in [0.25, 0.3) is 0 Å². The molecule has 2 atom stereocenters. The molecule has 2 aromatic carbocycles. The lowest BCUT2D eigenvalue weighted by molar-refractivity contribution is 0.000757. The fourth-order valence-electron chi connectivity index (χ4n) is 4.45. The van der Waals surface area contributed by atoms with Crippen LogP contribution in [0.2, 0.25) is 0 Å². The fraction of sp³-hybridized carbons (Fsp3) is 0.519. The second-order valence-electron chi connectivity index (χ2n) is 9.31. The van der Waals surface area contributed by atoms with Crippen molar-refractivity contribution in [1.82, 2.24) is 10.2 Å². The van der Waals surface area contributed by atoms with Gasteiger partial charge < -0.3 is 29.5 Å². The Morgan fingerprint density at radius 2 is 1.97 bits per heavy atom. The molecule has 0 aliphatic carbocycles. The molecule has 7 nitrogen and oxygen atoms in total. The number of β-amino-alcohol motifs (C(OH)–C–C–N with tert-alkyl or cyclic N) is 1. The lowest BCUT2D eigenvalue weighted by atomic mass is 9.84. The predicted octanol–water partition coefficient (Wildman–Crippen LogP) is 3.29. The van der Waals surface area contributed by atoms with Crippen molar-refractivity contribution >= 4 is 5.91 Å². The smallest absolute Gasteiger partial charge is 0.254 e. The van der Waals surface area contributed by atoms with Gasteiger partial charge >= 0.3 is 0 Å². The lowest BCUT2D eigenvalue weighted by Gasteiger charge is -2.35. The summed E-state index contributed by atoms with van der Waals surface area (Å²) in [4.78, 5) is 15.3. The van der Waals surface area contributed by atoms with E-state index < -0.39 is 5.60 Å². The van der Waals surface area contributed by atoms with Gasteiger partial charge in [-0.1, -0.05) is 18.2 Å². The summed E-state index contributed by atoms with van der Waals surface area (Å²) in [5, 5.41) is 14.7. The second-order valence-corrected chi connectivity index (χ2v) is 9.31. The van der Waals surface area contributed by atoms with Crippen molar-refractivity contribution in [3.63, 3.8) is 0 Å². The van der Waals surface area contributed by atoms with Crippen LogP contribution < -0.4 is 14.8 Å². The van der Waals surface area contributed by atoms with Crippen LogP contribution in [0.5, 0.6) is 11.5 Å². The molecular formula is C27H37FN2O5. The fourth-order valence-corrected chi connectivity index (χ4v) is 4.45. The van der Waals surface area contributed by atoms with Gasteiger partial charge in [0.05, 0.1) is 19.3 Å². The maximum absolute atomic E-state index is 14.3. The monoisotopic (exact) mass is 488 g/mol. The Morgan fingerprint density at radius 1 is 1.20 bits per heavy atom. The summed E-state index contributed by atoms with van der Waals surface area (Å²) in [5.74, 6) is 0.298. The van der Waals surface area contributed by atoms with Gasteiger partial charge in [-0.05, 0) is 43.7 Å². The Labute approximate surface area is 207 Å². The summed E-state index contributed by atoms with van der Waals surface area (Å²) < 4.78 is 30.6. The van der Waals surface area contributed by atoms with Crippen molar-refractivity contribution in [1.29, 1.82) is 0 Å². The lowest BCUT2D eigenvalue weighted by Crippen LogP contribution is -2.49. The summed E-state index contributed by atoms with van der Waals surface area (Å²) in [6.07, 6.45) is 0.894. The molecule has 8 heteroatoms. The topological polar surface area (TPSA) is 80.3 Å². The number of methoxy groups -OCH3 is 2. The summed E-state index contributed by atoms with van der Waals surface area (Å²) in [6.45, 7) is 6.13. The number of hydrogen-bond acceptors (Lipinski definition) is 6. The molecule has 192 valence electrons. The molecular weight excluding hydrogens is 451 g/mol. The highest BCUT2D eigenvalue weighted by Gasteiger charge is 2.43. The average Bonchev–Trinajstić information content (AvgIpc) is 3.20. The van der Waals surface area contributed by atoms with Crippen molar-refractivity contribution < 1.29 is 28.5 Å². The SMILES string of the molecule is COCCCOc1cc(C(=O)N(C[C@@H]2CNC[C@@]2(O)Cc2ccccc2F)C(C)C)ccc1OC. The zero-order valence-corrected chi connectivity index (χ0v) is 21.1. The molecule has 0 saturated carbocycles. The number of ether oxygens (including phenoxy) is 3. The van der Waals surface area contributed by atoms with E-state index in [1.165, 1.54) is 6.07 Å². The number of aliphatic hydroxyl groups is 1. The third kappa shape index (κ3) is 6.72. The van der Waals surface area contributed by atoms with Gasteiger partial charge in [0, 0.05) is 63.7 Å². The molecule has 0 spiro atoms. The van der Waals surface area contributed by atoms with Crippen molar-refractivity contribution in [2.24, 2.45) is 5.92 Å². The number of nitrogens with zero attached hydrogens (tertiary/aromatic N) is 1. The van der Waals surface area contributed by atoms with Crippen LogP contribution in [-0.4, -0.2) is 74.6 Å². The third-order valence-corrected chi connectivity index (χ3v) is 6.50. The van der Waals surface area contributed by atoms with E-state index >= 15 is 0 Å². The molecule has 3 rings (SSSR count). The van der Waals surface area contributed by atoms with Crippen molar-refractivity contribution in [2.75, 3.05) is 47.1 Å². The minimum absolute atomic E-state index is 0.103. The highest BCUT2D eigenvalue weighted by molar-refractivity contribution is 5.95. The molecule has 1 aliphatic rings. The molecule has 0 radical (unpaired) electrons. The quantitative estimate of drug-likeness (QED) is 0.447. The Bertz CT molecular complexity index is 986. The van der Waals surface area contributed by atoms with E-state index in [2.05, 4.69) is 5.32 Å². The van der Waals surface area contributed by atoms with Gasteiger partial charge in [0.1, 0.15) is 5.82 Å². The first-order valence-corrected chi connectivity index (χ1v) is 12.1. The molecule has 2 aromatic rings. The summed E-state index contributed by atoms with van der Waals surface area (Å²) in [6, 6.07) is 11.5. The molecule has 1 saturated heterocycles. The van der Waals surface area contributed by atoms with Crippen molar-refractivity contribution in [3.05, 3.63) is 59.4 Å². The molecule has 1 amide bonds. The van der Waals surface area contributed by atoms with Crippen molar-refractivity contribution in [2.45, 2.75) is 38.3 Å². The van der Waals surface area contributed by atoms with Gasteiger partial charge in [-0.25, -0.2) is 4.39 Å². The van der Waals surface area contributed by atoms with E-state index in [4.69, 9.17) is 14.2 Å². The molecule has 1 fully saturated rings. The van der Waals surface area contributed by atoms with Crippen LogP contribution in [-0.2, 0) is 11.2 Å². The number of hydrogen-bond donors (Lipinski definition) is 2. The molecule has 2 N–H and O–H groups in total. The number of benzene rings is 2. The normalized spacial score (nSPS) is 19.7. The minimum Gasteiger partial charge on any atom is -0.493 e. The number of carbonyl (C=O) groups is 1. The standard InChI is InChI=1S/C27H37FN2O5/c1-19(2)30(17-22-16-29-18-27(22,32)15-21-8-5-6-9-23(21)28)26(31)20-10-11-24(34-4)25(14-20)35-13-7-12-33-3/h5-6,8-11,14,19,22,29,32H,7,12-13,15-18H2,1-4H3/t22-,27-/m0/s1. The van der Waals surface area contributed by atoms with Gasteiger partial charge in [0.2, 0.25) is 0 Å². The molecule has 1 aliphatic heterocycles.